The normalized spacial score (nSPS) is 14.3. The summed E-state index contributed by atoms with van der Waals surface area (Å²) in [6.07, 6.45) is 6.27. The van der Waals surface area contributed by atoms with Gasteiger partial charge in [-0.15, -0.1) is 0 Å². The Labute approximate surface area is 84.1 Å². The van der Waals surface area contributed by atoms with Gasteiger partial charge in [0.15, 0.2) is 0 Å². The Morgan fingerprint density at radius 1 is 1.57 bits per heavy atom. The van der Waals surface area contributed by atoms with Crippen molar-refractivity contribution in [3.05, 3.63) is 36.5 Å². The highest BCUT2D eigenvalue weighted by molar-refractivity contribution is 5.86. The van der Waals surface area contributed by atoms with Crippen molar-refractivity contribution in [3.63, 3.8) is 0 Å². The van der Waals surface area contributed by atoms with Crippen LogP contribution >= 0.6 is 0 Å². The van der Waals surface area contributed by atoms with Gasteiger partial charge in [-0.3, -0.25) is 0 Å². The fourth-order valence-corrected chi connectivity index (χ4v) is 1.00. The maximum atomic E-state index is 10.7. The zero-order valence-corrected chi connectivity index (χ0v) is 8.31. The lowest BCUT2D eigenvalue weighted by molar-refractivity contribution is -0.133. The number of carboxylic acids is 1. The van der Waals surface area contributed by atoms with Crippen LogP contribution in [0.5, 0.6) is 0 Å². The average molecular weight is 196 g/mol. The third-order valence-corrected chi connectivity index (χ3v) is 1.62. The fraction of sp³-hybridized carbons (Fsp3) is 0.364. The molecule has 0 bridgehead atoms. The molecular formula is C11H16O3. The second-order valence-electron chi connectivity index (χ2n) is 2.83. The number of carbonyl (C=O) groups is 1. The zero-order valence-electron chi connectivity index (χ0n) is 8.31. The van der Waals surface area contributed by atoms with E-state index in [-0.39, 0.29) is 12.0 Å². The van der Waals surface area contributed by atoms with Crippen LogP contribution in [0, 0.1) is 0 Å². The Morgan fingerprint density at radius 3 is 2.64 bits per heavy atom. The van der Waals surface area contributed by atoms with E-state index >= 15 is 0 Å². The smallest absolute Gasteiger partial charge is 0.331 e. The summed E-state index contributed by atoms with van der Waals surface area (Å²) >= 11 is 0. The molecule has 0 radical (unpaired) electrons. The Hall–Kier alpha value is -1.35. The number of hydrogen-bond donors (Lipinski definition) is 2. The van der Waals surface area contributed by atoms with E-state index in [2.05, 4.69) is 6.58 Å². The molecule has 0 heterocycles. The molecule has 0 amide bonds. The molecule has 3 nitrogen and oxygen atoms in total. The van der Waals surface area contributed by atoms with E-state index in [4.69, 9.17) is 5.11 Å². The Bertz CT molecular complexity index is 251. The molecule has 0 aliphatic heterocycles. The minimum atomic E-state index is -0.974. The molecule has 1 atom stereocenters. The number of rotatable bonds is 6. The molecule has 0 fully saturated rings. The lowest BCUT2D eigenvalue weighted by atomic mass is 10.1. The molecule has 0 rings (SSSR count). The largest absolute Gasteiger partial charge is 0.478 e. The van der Waals surface area contributed by atoms with Crippen molar-refractivity contribution in [1.29, 1.82) is 0 Å². The van der Waals surface area contributed by atoms with Crippen molar-refractivity contribution in [1.82, 2.24) is 0 Å². The highest BCUT2D eigenvalue weighted by Gasteiger charge is 2.10. The predicted molar refractivity (Wildman–Crippen MR) is 56.0 cm³/mol. The summed E-state index contributed by atoms with van der Waals surface area (Å²) in [6, 6.07) is 0. The van der Waals surface area contributed by atoms with E-state index in [0.717, 1.165) is 0 Å². The number of hydrogen-bond acceptors (Lipinski definition) is 2. The van der Waals surface area contributed by atoms with Gasteiger partial charge in [-0.05, 0) is 6.42 Å². The monoisotopic (exact) mass is 196 g/mol. The van der Waals surface area contributed by atoms with Crippen LogP contribution in [0.25, 0.3) is 0 Å². The molecule has 0 saturated heterocycles. The average Bonchev–Trinajstić information content (AvgIpc) is 2.14. The van der Waals surface area contributed by atoms with Crippen LogP contribution in [0.1, 0.15) is 19.8 Å². The second-order valence-corrected chi connectivity index (χ2v) is 2.83. The maximum absolute atomic E-state index is 10.7. The minimum absolute atomic E-state index is 0.132. The van der Waals surface area contributed by atoms with Gasteiger partial charge in [0.25, 0.3) is 0 Å². The van der Waals surface area contributed by atoms with Crippen molar-refractivity contribution in [3.8, 4) is 0 Å². The first-order valence-electron chi connectivity index (χ1n) is 4.51. The second kappa shape index (κ2) is 7.09. The van der Waals surface area contributed by atoms with Crippen molar-refractivity contribution in [2.75, 3.05) is 0 Å². The van der Waals surface area contributed by atoms with Gasteiger partial charge in [-0.1, -0.05) is 37.8 Å². The summed E-state index contributed by atoms with van der Waals surface area (Å²) in [5, 5.41) is 18.1. The van der Waals surface area contributed by atoms with Gasteiger partial charge in [-0.2, -0.15) is 0 Å². The summed E-state index contributed by atoms with van der Waals surface area (Å²) in [4.78, 5) is 10.7. The third kappa shape index (κ3) is 5.32. The summed E-state index contributed by atoms with van der Waals surface area (Å²) < 4.78 is 0. The van der Waals surface area contributed by atoms with Crippen LogP contribution in [-0.4, -0.2) is 22.3 Å². The van der Waals surface area contributed by atoms with Crippen molar-refractivity contribution in [2.24, 2.45) is 0 Å². The topological polar surface area (TPSA) is 57.5 Å². The first-order chi connectivity index (χ1) is 6.61. The maximum Gasteiger partial charge on any atom is 0.331 e. The molecule has 0 aromatic carbocycles. The SMILES string of the molecule is C=CC=CC(O)CC(=CCC)C(=O)O. The van der Waals surface area contributed by atoms with E-state index in [1.54, 1.807) is 12.2 Å². The van der Waals surface area contributed by atoms with E-state index in [9.17, 15) is 9.90 Å². The molecule has 14 heavy (non-hydrogen) atoms. The number of carboxylic acid groups (broad SMARTS) is 1. The quantitative estimate of drug-likeness (QED) is 0.504. The molecule has 0 aliphatic rings. The van der Waals surface area contributed by atoms with Crippen molar-refractivity contribution >= 4 is 5.97 Å². The number of allylic oxidation sites excluding steroid dienone is 3. The zero-order chi connectivity index (χ0) is 11.0. The van der Waals surface area contributed by atoms with Crippen LogP contribution in [-0.2, 0) is 4.79 Å². The molecule has 0 aliphatic carbocycles. The Balaban J connectivity index is 4.30. The van der Waals surface area contributed by atoms with Gasteiger partial charge in [0.05, 0.1) is 6.10 Å². The number of aliphatic hydroxyl groups is 1. The van der Waals surface area contributed by atoms with Crippen LogP contribution in [0.4, 0.5) is 0 Å². The Morgan fingerprint density at radius 2 is 2.21 bits per heavy atom. The van der Waals surface area contributed by atoms with Gasteiger partial charge in [-0.25, -0.2) is 4.79 Å². The van der Waals surface area contributed by atoms with Crippen molar-refractivity contribution < 1.29 is 15.0 Å². The van der Waals surface area contributed by atoms with E-state index < -0.39 is 12.1 Å². The highest BCUT2D eigenvalue weighted by atomic mass is 16.4. The third-order valence-electron chi connectivity index (χ3n) is 1.62. The summed E-state index contributed by atoms with van der Waals surface area (Å²) in [6.45, 7) is 5.31. The first kappa shape index (κ1) is 12.7. The Kier molecular flexibility index (Phi) is 6.41. The van der Waals surface area contributed by atoms with Crippen LogP contribution in [0.2, 0.25) is 0 Å². The number of aliphatic carboxylic acids is 1. The minimum Gasteiger partial charge on any atom is -0.478 e. The highest BCUT2D eigenvalue weighted by Crippen LogP contribution is 2.08. The molecule has 0 saturated carbocycles. The standard InChI is InChI=1S/C11H16O3/c1-3-5-7-10(12)8-9(6-4-2)11(13)14/h3,5-7,10,12H,1,4,8H2,2H3,(H,13,14). The van der Waals surface area contributed by atoms with E-state index in [1.165, 1.54) is 12.2 Å². The fourth-order valence-electron chi connectivity index (χ4n) is 1.00. The molecule has 3 heteroatoms. The van der Waals surface area contributed by atoms with Crippen LogP contribution in [0.3, 0.4) is 0 Å². The summed E-state index contributed by atoms with van der Waals surface area (Å²) in [7, 11) is 0. The molecule has 2 N–H and O–H groups in total. The summed E-state index contributed by atoms with van der Waals surface area (Å²) in [5.74, 6) is -0.974. The van der Waals surface area contributed by atoms with Gasteiger partial charge in [0.2, 0.25) is 0 Å². The molecular weight excluding hydrogens is 180 g/mol. The molecule has 1 unspecified atom stereocenters. The molecule has 0 spiro atoms. The van der Waals surface area contributed by atoms with Gasteiger partial charge < -0.3 is 10.2 Å². The lowest BCUT2D eigenvalue weighted by Gasteiger charge is -2.05. The van der Waals surface area contributed by atoms with Gasteiger partial charge in [0.1, 0.15) is 0 Å². The molecule has 0 aromatic heterocycles. The van der Waals surface area contributed by atoms with Gasteiger partial charge >= 0.3 is 5.97 Å². The van der Waals surface area contributed by atoms with E-state index in [1.807, 2.05) is 6.92 Å². The van der Waals surface area contributed by atoms with Crippen LogP contribution in [0.15, 0.2) is 36.5 Å². The predicted octanol–water partition coefficient (Wildman–Crippen LogP) is 1.90. The van der Waals surface area contributed by atoms with E-state index in [0.29, 0.717) is 6.42 Å². The molecule has 78 valence electrons. The van der Waals surface area contributed by atoms with Gasteiger partial charge in [0, 0.05) is 12.0 Å². The first-order valence-corrected chi connectivity index (χ1v) is 4.51. The summed E-state index contributed by atoms with van der Waals surface area (Å²) in [5.41, 5.74) is 0.244. The van der Waals surface area contributed by atoms with Crippen molar-refractivity contribution in [2.45, 2.75) is 25.9 Å². The number of aliphatic hydroxyl groups excluding tert-OH is 1. The van der Waals surface area contributed by atoms with Crippen LogP contribution < -0.4 is 0 Å². The molecule has 0 aromatic rings. The lowest BCUT2D eigenvalue weighted by Crippen LogP contribution is -2.10.